The third-order valence-corrected chi connectivity index (χ3v) is 3.91. The molecule has 0 aliphatic carbocycles. The van der Waals surface area contributed by atoms with Crippen LogP contribution in [0.1, 0.15) is 27.9 Å². The number of ketones is 1. The van der Waals surface area contributed by atoms with Gasteiger partial charge in [0.05, 0.1) is 5.56 Å². The number of carbonyl (C=O) groups excluding carboxylic acids is 1. The number of ether oxygens (including phenoxy) is 1. The minimum atomic E-state index is 0.113. The van der Waals surface area contributed by atoms with Crippen LogP contribution in [0, 0.1) is 0 Å². The van der Waals surface area contributed by atoms with Crippen LogP contribution < -0.4 is 4.74 Å². The van der Waals surface area contributed by atoms with Gasteiger partial charge in [-0.1, -0.05) is 72.8 Å². The highest BCUT2D eigenvalue weighted by Crippen LogP contribution is 2.21. The summed E-state index contributed by atoms with van der Waals surface area (Å²) < 4.78 is 5.88. The van der Waals surface area contributed by atoms with E-state index in [0.717, 1.165) is 12.0 Å². The lowest BCUT2D eigenvalue weighted by atomic mass is 10.0. The summed E-state index contributed by atoms with van der Waals surface area (Å²) in [6.45, 7) is 0.462. The molecule has 0 heterocycles. The van der Waals surface area contributed by atoms with Crippen LogP contribution in [0.5, 0.6) is 5.75 Å². The summed E-state index contributed by atoms with van der Waals surface area (Å²) in [5.41, 5.74) is 2.92. The number of benzene rings is 3. The molecule has 3 aromatic rings. The molecular formula is C22H20O2. The van der Waals surface area contributed by atoms with E-state index < -0.39 is 0 Å². The van der Waals surface area contributed by atoms with E-state index in [4.69, 9.17) is 4.74 Å². The van der Waals surface area contributed by atoms with E-state index >= 15 is 0 Å². The first-order chi connectivity index (χ1) is 11.8. The third-order valence-electron chi connectivity index (χ3n) is 3.91. The Morgan fingerprint density at radius 2 is 1.29 bits per heavy atom. The van der Waals surface area contributed by atoms with Gasteiger partial charge in [-0.25, -0.2) is 0 Å². The number of Topliss-reactive ketones (excluding diaryl/α,β-unsaturated/α-hetero) is 1. The van der Waals surface area contributed by atoms with Crippen LogP contribution in [0.3, 0.4) is 0 Å². The predicted octanol–water partition coefficient (Wildman–Crippen LogP) is 5.08. The van der Waals surface area contributed by atoms with Gasteiger partial charge in [-0.2, -0.15) is 0 Å². The second-order valence-electron chi connectivity index (χ2n) is 5.68. The predicted molar refractivity (Wildman–Crippen MR) is 96.3 cm³/mol. The van der Waals surface area contributed by atoms with Gasteiger partial charge in [0.15, 0.2) is 5.78 Å². The van der Waals surface area contributed by atoms with Crippen molar-refractivity contribution in [1.29, 1.82) is 0 Å². The van der Waals surface area contributed by atoms with Crippen LogP contribution >= 0.6 is 0 Å². The van der Waals surface area contributed by atoms with Crippen molar-refractivity contribution in [3.05, 3.63) is 102 Å². The standard InChI is InChI=1S/C22H20O2/c23-21(16-15-18-9-3-1-4-10-18)20-13-7-8-14-22(20)24-17-19-11-5-2-6-12-19/h1-14H,15-17H2. The zero-order chi connectivity index (χ0) is 16.6. The Morgan fingerprint density at radius 3 is 2.00 bits per heavy atom. The molecule has 0 fully saturated rings. The number of hydrogen-bond donors (Lipinski definition) is 0. The maximum absolute atomic E-state index is 12.6. The van der Waals surface area contributed by atoms with Crippen LogP contribution in [-0.2, 0) is 13.0 Å². The molecule has 2 nitrogen and oxygen atoms in total. The van der Waals surface area contributed by atoms with Gasteiger partial charge in [0.2, 0.25) is 0 Å². The molecule has 24 heavy (non-hydrogen) atoms. The SMILES string of the molecule is O=C(CCc1ccccc1)c1ccccc1OCc1ccccc1. The van der Waals surface area contributed by atoms with Gasteiger partial charge in [0.25, 0.3) is 0 Å². The van der Waals surface area contributed by atoms with Crippen LogP contribution in [0.4, 0.5) is 0 Å². The van der Waals surface area contributed by atoms with Crippen LogP contribution in [0.15, 0.2) is 84.9 Å². The lowest BCUT2D eigenvalue weighted by Crippen LogP contribution is -2.05. The molecule has 0 amide bonds. The summed E-state index contributed by atoms with van der Waals surface area (Å²) in [6, 6.07) is 27.5. The zero-order valence-electron chi connectivity index (χ0n) is 13.5. The minimum absolute atomic E-state index is 0.113. The molecule has 0 N–H and O–H groups in total. The van der Waals surface area contributed by atoms with Crippen molar-refractivity contribution in [2.24, 2.45) is 0 Å². The monoisotopic (exact) mass is 316 g/mol. The Morgan fingerprint density at radius 1 is 0.708 bits per heavy atom. The topological polar surface area (TPSA) is 26.3 Å². The summed E-state index contributed by atoms with van der Waals surface area (Å²) in [4.78, 5) is 12.6. The molecule has 0 radical (unpaired) electrons. The summed E-state index contributed by atoms with van der Waals surface area (Å²) >= 11 is 0. The van der Waals surface area contributed by atoms with E-state index in [0.29, 0.717) is 24.3 Å². The molecule has 0 aliphatic heterocycles. The lowest BCUT2D eigenvalue weighted by Gasteiger charge is -2.11. The molecule has 0 bridgehead atoms. The zero-order valence-corrected chi connectivity index (χ0v) is 13.5. The smallest absolute Gasteiger partial charge is 0.166 e. The summed E-state index contributed by atoms with van der Waals surface area (Å²) in [5, 5.41) is 0. The second-order valence-corrected chi connectivity index (χ2v) is 5.68. The molecule has 0 unspecified atom stereocenters. The van der Waals surface area contributed by atoms with E-state index in [1.165, 1.54) is 5.56 Å². The van der Waals surface area contributed by atoms with E-state index in [9.17, 15) is 4.79 Å². The first kappa shape index (κ1) is 16.0. The summed E-state index contributed by atoms with van der Waals surface area (Å²) in [6.07, 6.45) is 1.22. The van der Waals surface area contributed by atoms with Crippen LogP contribution in [0.25, 0.3) is 0 Å². The fourth-order valence-electron chi connectivity index (χ4n) is 2.60. The fraction of sp³-hybridized carbons (Fsp3) is 0.136. The maximum Gasteiger partial charge on any atom is 0.166 e. The number of para-hydroxylation sites is 1. The molecule has 0 spiro atoms. The van der Waals surface area contributed by atoms with Crippen molar-refractivity contribution < 1.29 is 9.53 Å². The van der Waals surface area contributed by atoms with Crippen LogP contribution in [-0.4, -0.2) is 5.78 Å². The van der Waals surface area contributed by atoms with E-state index in [1.807, 2.05) is 84.9 Å². The lowest BCUT2D eigenvalue weighted by molar-refractivity contribution is 0.0978. The van der Waals surface area contributed by atoms with Crippen molar-refractivity contribution in [1.82, 2.24) is 0 Å². The van der Waals surface area contributed by atoms with E-state index in [1.54, 1.807) is 0 Å². The molecule has 0 saturated carbocycles. The Hall–Kier alpha value is -2.87. The molecule has 3 aromatic carbocycles. The van der Waals surface area contributed by atoms with Gasteiger partial charge < -0.3 is 4.74 Å². The molecule has 0 aromatic heterocycles. The van der Waals surface area contributed by atoms with Crippen molar-refractivity contribution >= 4 is 5.78 Å². The van der Waals surface area contributed by atoms with Gasteiger partial charge >= 0.3 is 0 Å². The van der Waals surface area contributed by atoms with Crippen molar-refractivity contribution in [3.8, 4) is 5.75 Å². The minimum Gasteiger partial charge on any atom is -0.488 e. The summed E-state index contributed by atoms with van der Waals surface area (Å²) in [7, 11) is 0. The van der Waals surface area contributed by atoms with Gasteiger partial charge in [-0.15, -0.1) is 0 Å². The second kappa shape index (κ2) is 8.11. The molecule has 120 valence electrons. The highest BCUT2D eigenvalue weighted by atomic mass is 16.5. The summed E-state index contributed by atoms with van der Waals surface area (Å²) in [5.74, 6) is 0.766. The van der Waals surface area contributed by atoms with E-state index in [2.05, 4.69) is 0 Å². The number of rotatable bonds is 7. The first-order valence-corrected chi connectivity index (χ1v) is 8.16. The quantitative estimate of drug-likeness (QED) is 0.568. The molecule has 0 aliphatic rings. The highest BCUT2D eigenvalue weighted by molar-refractivity contribution is 5.98. The van der Waals surface area contributed by atoms with Crippen molar-refractivity contribution in [2.75, 3.05) is 0 Å². The number of carbonyl (C=O) groups is 1. The molecule has 0 atom stereocenters. The van der Waals surface area contributed by atoms with Crippen LogP contribution in [0.2, 0.25) is 0 Å². The number of hydrogen-bond acceptors (Lipinski definition) is 2. The normalized spacial score (nSPS) is 10.3. The fourth-order valence-corrected chi connectivity index (χ4v) is 2.60. The van der Waals surface area contributed by atoms with Gasteiger partial charge in [0, 0.05) is 6.42 Å². The Balaban J connectivity index is 1.65. The first-order valence-electron chi connectivity index (χ1n) is 8.16. The average molecular weight is 316 g/mol. The third kappa shape index (κ3) is 4.32. The Bertz CT molecular complexity index is 779. The average Bonchev–Trinajstić information content (AvgIpc) is 2.66. The molecule has 2 heteroatoms. The van der Waals surface area contributed by atoms with Crippen molar-refractivity contribution in [2.45, 2.75) is 19.4 Å². The van der Waals surface area contributed by atoms with Gasteiger partial charge in [-0.05, 0) is 29.7 Å². The Kier molecular flexibility index (Phi) is 5.41. The Labute approximate surface area is 142 Å². The maximum atomic E-state index is 12.6. The molecule has 3 rings (SSSR count). The highest BCUT2D eigenvalue weighted by Gasteiger charge is 2.12. The van der Waals surface area contributed by atoms with Crippen molar-refractivity contribution in [3.63, 3.8) is 0 Å². The number of aryl methyl sites for hydroxylation is 1. The van der Waals surface area contributed by atoms with Gasteiger partial charge in [0.1, 0.15) is 12.4 Å². The van der Waals surface area contributed by atoms with E-state index in [-0.39, 0.29) is 5.78 Å². The molecular weight excluding hydrogens is 296 g/mol. The molecule has 0 saturated heterocycles. The van der Waals surface area contributed by atoms with Gasteiger partial charge in [-0.3, -0.25) is 4.79 Å². The largest absolute Gasteiger partial charge is 0.488 e.